The first kappa shape index (κ1) is 15.9. The van der Waals surface area contributed by atoms with Gasteiger partial charge in [-0.15, -0.1) is 5.10 Å². The predicted molar refractivity (Wildman–Crippen MR) is 84.7 cm³/mol. The molecule has 3 rings (SSSR count). The highest BCUT2D eigenvalue weighted by molar-refractivity contribution is 5.89. The molecule has 0 bridgehead atoms. The van der Waals surface area contributed by atoms with Crippen molar-refractivity contribution in [1.82, 2.24) is 25.5 Å². The van der Waals surface area contributed by atoms with Gasteiger partial charge in [-0.3, -0.25) is 4.79 Å². The Morgan fingerprint density at radius 1 is 1.12 bits per heavy atom. The molecule has 2 amide bonds. The topological polar surface area (TPSA) is 122 Å². The summed E-state index contributed by atoms with van der Waals surface area (Å²) in [7, 11) is 0. The Morgan fingerprint density at radius 2 is 1.83 bits per heavy atom. The molecule has 0 atom stereocenters. The van der Waals surface area contributed by atoms with Gasteiger partial charge in [0.2, 0.25) is 0 Å². The number of tetrazole rings is 1. The second-order valence-corrected chi connectivity index (χ2v) is 5.79. The average molecular weight is 330 g/mol. The number of aliphatic carboxylic acids is 1. The van der Waals surface area contributed by atoms with E-state index in [9.17, 15) is 9.59 Å². The molecule has 1 fully saturated rings. The van der Waals surface area contributed by atoms with Crippen molar-refractivity contribution >= 4 is 17.7 Å². The van der Waals surface area contributed by atoms with Crippen LogP contribution in [0.1, 0.15) is 25.7 Å². The van der Waals surface area contributed by atoms with Crippen LogP contribution in [0.4, 0.5) is 10.5 Å². The van der Waals surface area contributed by atoms with Crippen molar-refractivity contribution in [3.8, 4) is 5.69 Å². The Morgan fingerprint density at radius 3 is 2.42 bits per heavy atom. The largest absolute Gasteiger partial charge is 0.481 e. The number of aromatic nitrogens is 4. The molecule has 0 radical (unpaired) electrons. The third kappa shape index (κ3) is 3.86. The van der Waals surface area contributed by atoms with Crippen molar-refractivity contribution in [2.24, 2.45) is 5.92 Å². The van der Waals surface area contributed by atoms with Crippen LogP contribution in [0.25, 0.3) is 5.69 Å². The zero-order valence-corrected chi connectivity index (χ0v) is 12.9. The van der Waals surface area contributed by atoms with E-state index in [1.54, 1.807) is 24.3 Å². The number of benzene rings is 1. The highest BCUT2D eigenvalue weighted by Gasteiger charge is 2.26. The van der Waals surface area contributed by atoms with Crippen molar-refractivity contribution < 1.29 is 14.7 Å². The van der Waals surface area contributed by atoms with E-state index >= 15 is 0 Å². The van der Waals surface area contributed by atoms with Crippen LogP contribution in [-0.2, 0) is 4.79 Å². The monoisotopic (exact) mass is 330 g/mol. The SMILES string of the molecule is O=C(Nc1ccc(-n2cnnn2)cc1)NC1CCC(C(=O)O)CC1. The van der Waals surface area contributed by atoms with Crippen molar-refractivity contribution in [1.29, 1.82) is 0 Å². The summed E-state index contributed by atoms with van der Waals surface area (Å²) in [6.45, 7) is 0. The second-order valence-electron chi connectivity index (χ2n) is 5.79. The van der Waals surface area contributed by atoms with Crippen LogP contribution in [0.3, 0.4) is 0 Å². The number of rotatable bonds is 4. The van der Waals surface area contributed by atoms with Crippen LogP contribution >= 0.6 is 0 Å². The van der Waals surface area contributed by atoms with Gasteiger partial charge in [-0.1, -0.05) is 0 Å². The number of urea groups is 1. The highest BCUT2D eigenvalue weighted by atomic mass is 16.4. The number of amides is 2. The molecule has 1 aliphatic rings. The van der Waals surface area contributed by atoms with Crippen molar-refractivity contribution in [2.45, 2.75) is 31.7 Å². The molecular formula is C15H18N6O3. The Kier molecular flexibility index (Phi) is 4.69. The number of nitrogens with one attached hydrogen (secondary N) is 2. The lowest BCUT2D eigenvalue weighted by atomic mass is 9.86. The molecule has 0 aliphatic heterocycles. The number of carbonyl (C=O) groups is 2. The minimum absolute atomic E-state index is 0.0149. The standard InChI is InChI=1S/C15H18N6O3/c22-14(23)10-1-3-11(4-2-10)17-15(24)18-12-5-7-13(8-6-12)21-9-16-19-20-21/h5-11H,1-4H2,(H,22,23)(H2,17,18,24). The summed E-state index contributed by atoms with van der Waals surface area (Å²) in [5.41, 5.74) is 1.45. The molecular weight excluding hydrogens is 312 g/mol. The van der Waals surface area contributed by atoms with E-state index in [1.807, 2.05) is 0 Å². The maximum absolute atomic E-state index is 12.0. The van der Waals surface area contributed by atoms with Gasteiger partial charge in [-0.25, -0.2) is 9.48 Å². The molecule has 9 heteroatoms. The Bertz CT molecular complexity index is 693. The predicted octanol–water partition coefficient (Wildman–Crippen LogP) is 1.43. The van der Waals surface area contributed by atoms with Gasteiger partial charge in [0.05, 0.1) is 11.6 Å². The van der Waals surface area contributed by atoms with Gasteiger partial charge in [0, 0.05) is 11.7 Å². The van der Waals surface area contributed by atoms with E-state index in [0.717, 1.165) is 5.69 Å². The Labute approximate surface area is 138 Å². The first-order valence-electron chi connectivity index (χ1n) is 7.75. The fraction of sp³-hybridized carbons (Fsp3) is 0.400. The first-order valence-corrected chi connectivity index (χ1v) is 7.75. The minimum atomic E-state index is -0.749. The van der Waals surface area contributed by atoms with E-state index in [1.165, 1.54) is 11.0 Å². The average Bonchev–Trinajstić information content (AvgIpc) is 3.10. The van der Waals surface area contributed by atoms with Crippen LogP contribution in [-0.4, -0.2) is 43.4 Å². The fourth-order valence-corrected chi connectivity index (χ4v) is 2.81. The molecule has 1 saturated carbocycles. The molecule has 1 heterocycles. The minimum Gasteiger partial charge on any atom is -0.481 e. The molecule has 126 valence electrons. The summed E-state index contributed by atoms with van der Waals surface area (Å²) in [5, 5.41) is 25.6. The number of carbonyl (C=O) groups excluding carboxylic acids is 1. The third-order valence-electron chi connectivity index (χ3n) is 4.15. The van der Waals surface area contributed by atoms with Gasteiger partial charge in [-0.05, 0) is 60.4 Å². The number of anilines is 1. The lowest BCUT2D eigenvalue weighted by Crippen LogP contribution is -2.40. The van der Waals surface area contributed by atoms with Gasteiger partial charge in [0.1, 0.15) is 6.33 Å². The second kappa shape index (κ2) is 7.07. The maximum Gasteiger partial charge on any atom is 0.319 e. The summed E-state index contributed by atoms with van der Waals surface area (Å²) in [6.07, 6.45) is 4.05. The molecule has 2 aromatic rings. The highest BCUT2D eigenvalue weighted by Crippen LogP contribution is 2.24. The summed E-state index contributed by atoms with van der Waals surface area (Å²) in [4.78, 5) is 23.0. The third-order valence-corrected chi connectivity index (χ3v) is 4.15. The van der Waals surface area contributed by atoms with E-state index in [4.69, 9.17) is 5.11 Å². The lowest BCUT2D eigenvalue weighted by Gasteiger charge is -2.26. The number of carboxylic acids is 1. The molecule has 0 unspecified atom stereocenters. The molecule has 24 heavy (non-hydrogen) atoms. The molecule has 1 aliphatic carbocycles. The van der Waals surface area contributed by atoms with Crippen molar-refractivity contribution in [3.63, 3.8) is 0 Å². The van der Waals surface area contributed by atoms with Gasteiger partial charge < -0.3 is 15.7 Å². The lowest BCUT2D eigenvalue weighted by molar-refractivity contribution is -0.142. The van der Waals surface area contributed by atoms with Gasteiger partial charge in [-0.2, -0.15) is 0 Å². The Balaban J connectivity index is 1.49. The zero-order valence-electron chi connectivity index (χ0n) is 12.9. The smallest absolute Gasteiger partial charge is 0.319 e. The zero-order chi connectivity index (χ0) is 16.9. The summed E-state index contributed by atoms with van der Waals surface area (Å²) in [6, 6.07) is 6.84. The normalized spacial score (nSPS) is 20.3. The maximum atomic E-state index is 12.0. The molecule has 1 aromatic carbocycles. The number of nitrogens with zero attached hydrogens (tertiary/aromatic N) is 4. The van der Waals surface area contributed by atoms with Crippen LogP contribution in [0.5, 0.6) is 0 Å². The van der Waals surface area contributed by atoms with Gasteiger partial charge in [0.25, 0.3) is 0 Å². The van der Waals surface area contributed by atoms with Gasteiger partial charge in [0.15, 0.2) is 0 Å². The van der Waals surface area contributed by atoms with E-state index in [2.05, 4.69) is 26.2 Å². The van der Waals surface area contributed by atoms with E-state index in [-0.39, 0.29) is 18.0 Å². The molecule has 3 N–H and O–H groups in total. The van der Waals surface area contributed by atoms with Crippen LogP contribution in [0, 0.1) is 5.92 Å². The molecule has 1 aromatic heterocycles. The number of hydrogen-bond donors (Lipinski definition) is 3. The molecule has 0 spiro atoms. The summed E-state index contributed by atoms with van der Waals surface area (Å²) in [5.74, 6) is -1.04. The molecule has 9 nitrogen and oxygen atoms in total. The summed E-state index contributed by atoms with van der Waals surface area (Å²) >= 11 is 0. The van der Waals surface area contributed by atoms with Crippen molar-refractivity contribution in [3.05, 3.63) is 30.6 Å². The van der Waals surface area contributed by atoms with Crippen molar-refractivity contribution in [2.75, 3.05) is 5.32 Å². The number of hydrogen-bond acceptors (Lipinski definition) is 5. The van der Waals surface area contributed by atoms with Gasteiger partial charge >= 0.3 is 12.0 Å². The summed E-state index contributed by atoms with van der Waals surface area (Å²) < 4.78 is 1.52. The quantitative estimate of drug-likeness (QED) is 0.779. The van der Waals surface area contributed by atoms with Crippen LogP contribution < -0.4 is 10.6 Å². The fourth-order valence-electron chi connectivity index (χ4n) is 2.81. The first-order chi connectivity index (χ1) is 11.6. The molecule has 0 saturated heterocycles. The van der Waals surface area contributed by atoms with E-state index in [0.29, 0.717) is 31.4 Å². The Hall–Kier alpha value is -2.97. The van der Waals surface area contributed by atoms with Crippen LogP contribution in [0.2, 0.25) is 0 Å². The van der Waals surface area contributed by atoms with E-state index < -0.39 is 5.97 Å². The number of carboxylic acid groups (broad SMARTS) is 1. The van der Waals surface area contributed by atoms with Crippen LogP contribution in [0.15, 0.2) is 30.6 Å².